The molecule has 152 valence electrons. The zero-order valence-electron chi connectivity index (χ0n) is 16.3. The molecule has 2 atom stereocenters. The van der Waals surface area contributed by atoms with E-state index in [2.05, 4.69) is 20.9 Å². The molecule has 0 spiro atoms. The molecule has 1 aliphatic carbocycles. The van der Waals surface area contributed by atoms with E-state index in [9.17, 15) is 4.79 Å². The van der Waals surface area contributed by atoms with Crippen molar-refractivity contribution in [3.05, 3.63) is 70.0 Å². The summed E-state index contributed by atoms with van der Waals surface area (Å²) in [5.74, 6) is 0.844. The first-order valence-electron chi connectivity index (χ1n) is 10.1. The second-order valence-electron chi connectivity index (χ2n) is 7.60. The minimum atomic E-state index is -0.0435. The van der Waals surface area contributed by atoms with Gasteiger partial charge in [-0.1, -0.05) is 29.8 Å². The number of fused-ring (bicyclic) bond motifs is 1. The summed E-state index contributed by atoms with van der Waals surface area (Å²) in [7, 11) is 0. The van der Waals surface area contributed by atoms with Gasteiger partial charge in [0.1, 0.15) is 5.69 Å². The Morgan fingerprint density at radius 2 is 1.97 bits per heavy atom. The number of hydrogen-bond donors (Lipinski definition) is 1. The Kier molecular flexibility index (Phi) is 5.27. The minimum absolute atomic E-state index is 0.0435. The Hall–Kier alpha value is -2.70. The molecule has 1 fully saturated rings. The SMILES string of the molecule is O=C(NC1CCCC(n2c(-c3ccccn3)nc3ccccc32)C1)c1ccc(Cl)s1. The van der Waals surface area contributed by atoms with Crippen molar-refractivity contribution < 1.29 is 4.79 Å². The summed E-state index contributed by atoms with van der Waals surface area (Å²) in [4.78, 5) is 22.7. The van der Waals surface area contributed by atoms with Crippen molar-refractivity contribution in [2.24, 2.45) is 0 Å². The number of aromatic nitrogens is 3. The van der Waals surface area contributed by atoms with Gasteiger partial charge in [0.25, 0.3) is 5.91 Å². The highest BCUT2D eigenvalue weighted by Crippen LogP contribution is 2.35. The second-order valence-corrected chi connectivity index (χ2v) is 9.32. The quantitative estimate of drug-likeness (QED) is 0.444. The lowest BCUT2D eigenvalue weighted by molar-refractivity contribution is 0.0925. The van der Waals surface area contributed by atoms with Crippen LogP contribution < -0.4 is 5.32 Å². The topological polar surface area (TPSA) is 59.8 Å². The number of carbonyl (C=O) groups excluding carboxylic acids is 1. The van der Waals surface area contributed by atoms with Crippen LogP contribution in [0.2, 0.25) is 4.34 Å². The van der Waals surface area contributed by atoms with E-state index < -0.39 is 0 Å². The first-order valence-corrected chi connectivity index (χ1v) is 11.3. The van der Waals surface area contributed by atoms with Gasteiger partial charge in [-0.15, -0.1) is 11.3 Å². The molecule has 1 saturated carbocycles. The lowest BCUT2D eigenvalue weighted by Gasteiger charge is -2.31. The van der Waals surface area contributed by atoms with E-state index in [4.69, 9.17) is 16.6 Å². The van der Waals surface area contributed by atoms with E-state index in [0.29, 0.717) is 9.21 Å². The largest absolute Gasteiger partial charge is 0.349 e. The van der Waals surface area contributed by atoms with Crippen LogP contribution in [0.1, 0.15) is 41.4 Å². The van der Waals surface area contributed by atoms with Crippen LogP contribution in [0.4, 0.5) is 0 Å². The van der Waals surface area contributed by atoms with Crippen molar-refractivity contribution in [1.29, 1.82) is 0 Å². The first kappa shape index (κ1) is 19.3. The van der Waals surface area contributed by atoms with Crippen LogP contribution in [-0.2, 0) is 0 Å². The molecule has 1 amide bonds. The number of amides is 1. The molecule has 1 aliphatic rings. The number of para-hydroxylation sites is 2. The van der Waals surface area contributed by atoms with Crippen molar-refractivity contribution >= 4 is 39.9 Å². The maximum absolute atomic E-state index is 12.6. The fourth-order valence-corrected chi connectivity index (χ4v) is 5.26. The van der Waals surface area contributed by atoms with Crippen LogP contribution in [0.3, 0.4) is 0 Å². The predicted molar refractivity (Wildman–Crippen MR) is 121 cm³/mol. The molecule has 5 nitrogen and oxygen atoms in total. The van der Waals surface area contributed by atoms with Gasteiger partial charge in [-0.25, -0.2) is 4.98 Å². The van der Waals surface area contributed by atoms with Crippen molar-refractivity contribution in [1.82, 2.24) is 19.9 Å². The Morgan fingerprint density at radius 1 is 1.10 bits per heavy atom. The van der Waals surface area contributed by atoms with Gasteiger partial charge < -0.3 is 9.88 Å². The van der Waals surface area contributed by atoms with Gasteiger partial charge >= 0.3 is 0 Å². The van der Waals surface area contributed by atoms with Gasteiger partial charge in [0.2, 0.25) is 0 Å². The van der Waals surface area contributed by atoms with Gasteiger partial charge in [-0.3, -0.25) is 9.78 Å². The maximum Gasteiger partial charge on any atom is 0.261 e. The lowest BCUT2D eigenvalue weighted by atomic mass is 9.90. The smallest absolute Gasteiger partial charge is 0.261 e. The number of nitrogens with one attached hydrogen (secondary N) is 1. The first-order chi connectivity index (χ1) is 14.7. The molecule has 3 aromatic heterocycles. The van der Waals surface area contributed by atoms with Crippen molar-refractivity contribution in [3.8, 4) is 11.5 Å². The van der Waals surface area contributed by atoms with Crippen LogP contribution in [0.25, 0.3) is 22.6 Å². The Bertz CT molecular complexity index is 1190. The molecule has 1 aromatic carbocycles. The van der Waals surface area contributed by atoms with Crippen molar-refractivity contribution in [2.45, 2.75) is 37.8 Å². The number of nitrogens with zero attached hydrogens (tertiary/aromatic N) is 3. The summed E-state index contributed by atoms with van der Waals surface area (Å²) in [5, 5.41) is 3.21. The van der Waals surface area contributed by atoms with Crippen molar-refractivity contribution in [2.75, 3.05) is 0 Å². The lowest BCUT2D eigenvalue weighted by Crippen LogP contribution is -2.38. The Morgan fingerprint density at radius 3 is 2.77 bits per heavy atom. The zero-order valence-corrected chi connectivity index (χ0v) is 17.9. The number of pyridine rings is 1. The molecule has 7 heteroatoms. The van der Waals surface area contributed by atoms with Crippen LogP contribution in [0, 0.1) is 0 Å². The molecule has 0 radical (unpaired) electrons. The number of hydrogen-bond acceptors (Lipinski definition) is 4. The Labute approximate surface area is 183 Å². The summed E-state index contributed by atoms with van der Waals surface area (Å²) in [6.07, 6.45) is 5.75. The fourth-order valence-electron chi connectivity index (χ4n) is 4.31. The number of rotatable bonds is 4. The van der Waals surface area contributed by atoms with Gasteiger partial charge in [0, 0.05) is 18.3 Å². The van der Waals surface area contributed by atoms with Gasteiger partial charge in [0.15, 0.2) is 5.82 Å². The molecular weight excluding hydrogens is 416 g/mol. The number of thiophene rings is 1. The molecular formula is C23H21ClN4OS. The van der Waals surface area contributed by atoms with E-state index in [1.807, 2.05) is 36.4 Å². The highest BCUT2D eigenvalue weighted by atomic mass is 35.5. The monoisotopic (exact) mass is 436 g/mol. The van der Waals surface area contributed by atoms with E-state index in [0.717, 1.165) is 48.2 Å². The van der Waals surface area contributed by atoms with Gasteiger partial charge in [-0.05, 0) is 62.1 Å². The molecule has 1 N–H and O–H groups in total. The van der Waals surface area contributed by atoms with E-state index in [1.54, 1.807) is 18.3 Å². The van der Waals surface area contributed by atoms with E-state index in [-0.39, 0.29) is 18.0 Å². The summed E-state index contributed by atoms with van der Waals surface area (Å²) in [6.45, 7) is 0. The molecule has 0 aliphatic heterocycles. The van der Waals surface area contributed by atoms with E-state index in [1.165, 1.54) is 11.3 Å². The summed E-state index contributed by atoms with van der Waals surface area (Å²) >= 11 is 7.31. The summed E-state index contributed by atoms with van der Waals surface area (Å²) in [5.41, 5.74) is 2.95. The van der Waals surface area contributed by atoms with Crippen LogP contribution in [0.5, 0.6) is 0 Å². The predicted octanol–water partition coefficient (Wildman–Crippen LogP) is 5.73. The summed E-state index contributed by atoms with van der Waals surface area (Å²) < 4.78 is 2.95. The van der Waals surface area contributed by atoms with Crippen molar-refractivity contribution in [3.63, 3.8) is 0 Å². The van der Waals surface area contributed by atoms with E-state index >= 15 is 0 Å². The van der Waals surface area contributed by atoms with Gasteiger partial charge in [0.05, 0.1) is 20.2 Å². The molecule has 2 unspecified atom stereocenters. The molecule has 5 rings (SSSR count). The number of halogens is 1. The second kappa shape index (κ2) is 8.20. The summed E-state index contributed by atoms with van der Waals surface area (Å²) in [6, 6.07) is 18.0. The zero-order chi connectivity index (χ0) is 20.5. The highest BCUT2D eigenvalue weighted by Gasteiger charge is 2.28. The fraction of sp³-hybridized carbons (Fsp3) is 0.261. The third-order valence-corrected chi connectivity index (χ3v) is 6.86. The molecule has 3 heterocycles. The maximum atomic E-state index is 12.6. The third-order valence-electron chi connectivity index (χ3n) is 5.63. The molecule has 4 aromatic rings. The highest BCUT2D eigenvalue weighted by molar-refractivity contribution is 7.18. The number of imidazole rings is 1. The minimum Gasteiger partial charge on any atom is -0.349 e. The third kappa shape index (κ3) is 3.73. The molecule has 0 bridgehead atoms. The number of carbonyl (C=O) groups is 1. The number of benzene rings is 1. The van der Waals surface area contributed by atoms with Crippen LogP contribution in [0.15, 0.2) is 60.8 Å². The standard InChI is InChI=1S/C23H21ClN4OS/c24-21-12-11-20(30-21)23(29)26-15-6-5-7-16(14-15)28-19-10-2-1-8-17(19)27-22(28)18-9-3-4-13-25-18/h1-4,8-13,15-16H,5-7,14H2,(H,26,29). The van der Waals surface area contributed by atoms with Crippen LogP contribution in [-0.4, -0.2) is 26.5 Å². The average Bonchev–Trinajstić information content (AvgIpc) is 3.38. The van der Waals surface area contributed by atoms with Crippen LogP contribution >= 0.6 is 22.9 Å². The molecule has 0 saturated heterocycles. The normalized spacial score (nSPS) is 19.1. The molecule has 30 heavy (non-hydrogen) atoms. The average molecular weight is 437 g/mol. The van der Waals surface area contributed by atoms with Gasteiger partial charge in [-0.2, -0.15) is 0 Å². The Balaban J connectivity index is 1.45.